The van der Waals surface area contributed by atoms with Gasteiger partial charge in [-0.05, 0) is 54.9 Å². The predicted molar refractivity (Wildman–Crippen MR) is 98.9 cm³/mol. The van der Waals surface area contributed by atoms with Crippen LogP contribution in [0.2, 0.25) is 5.02 Å². The zero-order valence-electron chi connectivity index (χ0n) is 12.6. The van der Waals surface area contributed by atoms with Gasteiger partial charge in [0, 0.05) is 24.0 Å². The van der Waals surface area contributed by atoms with E-state index < -0.39 is 0 Å². The molecule has 1 aliphatic rings. The number of nitrogens with zero attached hydrogens (tertiary/aromatic N) is 2. The summed E-state index contributed by atoms with van der Waals surface area (Å²) in [4.78, 5) is 4.12. The number of benzene rings is 1. The van der Waals surface area contributed by atoms with Gasteiger partial charge in [-0.3, -0.25) is 0 Å². The van der Waals surface area contributed by atoms with E-state index in [9.17, 15) is 0 Å². The zero-order chi connectivity index (χ0) is 15.3. The van der Waals surface area contributed by atoms with Crippen molar-refractivity contribution in [1.29, 1.82) is 0 Å². The Bertz CT molecular complexity index is 563. The SMILES string of the molecule is Clc1ccc(CC2(CCCn3ccnc3)SCCCS2)cc1. The first-order chi connectivity index (χ1) is 10.8. The Morgan fingerprint density at radius 3 is 2.64 bits per heavy atom. The molecule has 0 radical (unpaired) electrons. The van der Waals surface area contributed by atoms with E-state index >= 15 is 0 Å². The van der Waals surface area contributed by atoms with E-state index in [0.29, 0.717) is 4.08 Å². The van der Waals surface area contributed by atoms with E-state index in [0.717, 1.165) is 18.0 Å². The number of halogens is 1. The molecular weight excluding hydrogens is 332 g/mol. The van der Waals surface area contributed by atoms with Gasteiger partial charge < -0.3 is 4.57 Å². The molecule has 3 rings (SSSR count). The van der Waals surface area contributed by atoms with Crippen molar-refractivity contribution >= 4 is 35.1 Å². The lowest BCUT2D eigenvalue weighted by Gasteiger charge is -2.36. The van der Waals surface area contributed by atoms with Crippen LogP contribution in [0.15, 0.2) is 43.0 Å². The lowest BCUT2D eigenvalue weighted by atomic mass is 10.1. The average Bonchev–Trinajstić information content (AvgIpc) is 3.04. The maximum atomic E-state index is 6.01. The second kappa shape index (κ2) is 7.80. The van der Waals surface area contributed by atoms with E-state index in [-0.39, 0.29) is 0 Å². The van der Waals surface area contributed by atoms with Gasteiger partial charge in [-0.15, -0.1) is 23.5 Å². The Morgan fingerprint density at radius 2 is 1.95 bits per heavy atom. The Balaban J connectivity index is 1.63. The minimum absolute atomic E-state index is 0.326. The minimum atomic E-state index is 0.326. The van der Waals surface area contributed by atoms with E-state index in [1.807, 2.05) is 30.9 Å². The van der Waals surface area contributed by atoms with Crippen molar-refractivity contribution in [2.24, 2.45) is 0 Å². The highest BCUT2D eigenvalue weighted by molar-refractivity contribution is 8.18. The molecule has 1 aromatic carbocycles. The molecule has 1 fully saturated rings. The van der Waals surface area contributed by atoms with Crippen LogP contribution in [-0.4, -0.2) is 25.1 Å². The van der Waals surface area contributed by atoms with Gasteiger partial charge in [-0.25, -0.2) is 4.98 Å². The first-order valence-corrected chi connectivity index (χ1v) is 10.1. The van der Waals surface area contributed by atoms with Crippen LogP contribution >= 0.6 is 35.1 Å². The lowest BCUT2D eigenvalue weighted by Crippen LogP contribution is -2.28. The third-order valence-electron chi connectivity index (χ3n) is 3.94. The highest BCUT2D eigenvalue weighted by atomic mass is 35.5. The Hall–Kier alpha value is -0.580. The Morgan fingerprint density at radius 1 is 1.18 bits per heavy atom. The van der Waals surface area contributed by atoms with Crippen molar-refractivity contribution < 1.29 is 0 Å². The highest BCUT2D eigenvalue weighted by Crippen LogP contribution is 2.47. The fraction of sp³-hybridized carbons (Fsp3) is 0.471. The molecule has 5 heteroatoms. The van der Waals surface area contributed by atoms with E-state index in [1.165, 1.54) is 36.3 Å². The smallest absolute Gasteiger partial charge is 0.0945 e. The summed E-state index contributed by atoms with van der Waals surface area (Å²) >= 11 is 10.3. The number of aryl methyl sites for hydroxylation is 1. The summed E-state index contributed by atoms with van der Waals surface area (Å²) in [6, 6.07) is 8.37. The highest BCUT2D eigenvalue weighted by Gasteiger charge is 2.33. The molecule has 118 valence electrons. The second-order valence-electron chi connectivity index (χ2n) is 5.67. The van der Waals surface area contributed by atoms with E-state index in [2.05, 4.69) is 45.2 Å². The molecule has 1 aromatic heterocycles. The third kappa shape index (κ3) is 4.46. The number of aromatic nitrogens is 2. The number of thioether (sulfide) groups is 2. The predicted octanol–water partition coefficient (Wildman–Crippen LogP) is 5.13. The summed E-state index contributed by atoms with van der Waals surface area (Å²) in [7, 11) is 0. The molecule has 1 aliphatic heterocycles. The van der Waals surface area contributed by atoms with Gasteiger partial charge in [0.25, 0.3) is 0 Å². The van der Waals surface area contributed by atoms with Gasteiger partial charge in [-0.1, -0.05) is 23.7 Å². The molecule has 0 amide bonds. The van der Waals surface area contributed by atoms with Crippen LogP contribution in [0.3, 0.4) is 0 Å². The van der Waals surface area contributed by atoms with Crippen molar-refractivity contribution in [3.05, 3.63) is 53.6 Å². The molecule has 2 nitrogen and oxygen atoms in total. The van der Waals surface area contributed by atoms with Crippen molar-refractivity contribution in [1.82, 2.24) is 9.55 Å². The maximum Gasteiger partial charge on any atom is 0.0945 e. The number of rotatable bonds is 6. The van der Waals surface area contributed by atoms with Crippen molar-refractivity contribution in [2.75, 3.05) is 11.5 Å². The molecule has 0 aliphatic carbocycles. The summed E-state index contributed by atoms with van der Waals surface area (Å²) in [6.07, 6.45) is 10.7. The fourth-order valence-corrected chi connectivity index (χ4v) is 6.39. The summed E-state index contributed by atoms with van der Waals surface area (Å²) in [5, 5.41) is 0.821. The average molecular weight is 353 g/mol. The number of imidazole rings is 1. The third-order valence-corrected chi connectivity index (χ3v) is 7.63. The van der Waals surface area contributed by atoms with Gasteiger partial charge in [0.15, 0.2) is 0 Å². The van der Waals surface area contributed by atoms with Gasteiger partial charge >= 0.3 is 0 Å². The van der Waals surface area contributed by atoms with Crippen LogP contribution in [0.25, 0.3) is 0 Å². The van der Waals surface area contributed by atoms with E-state index in [4.69, 9.17) is 11.6 Å². The number of hydrogen-bond donors (Lipinski definition) is 0. The first-order valence-electron chi connectivity index (χ1n) is 7.74. The molecule has 0 atom stereocenters. The van der Waals surface area contributed by atoms with Crippen LogP contribution in [0.5, 0.6) is 0 Å². The van der Waals surface area contributed by atoms with Crippen molar-refractivity contribution in [3.8, 4) is 0 Å². The van der Waals surface area contributed by atoms with Crippen molar-refractivity contribution in [3.63, 3.8) is 0 Å². The molecular formula is C17H21ClN2S2. The molecule has 22 heavy (non-hydrogen) atoms. The first kappa shape index (κ1) is 16.3. The quantitative estimate of drug-likeness (QED) is 0.718. The summed E-state index contributed by atoms with van der Waals surface area (Å²) < 4.78 is 2.50. The summed E-state index contributed by atoms with van der Waals surface area (Å²) in [5.74, 6) is 2.57. The Labute approximate surface area is 146 Å². The fourth-order valence-electron chi connectivity index (χ4n) is 2.81. The van der Waals surface area contributed by atoms with Crippen LogP contribution in [0, 0.1) is 0 Å². The minimum Gasteiger partial charge on any atom is -0.337 e. The largest absolute Gasteiger partial charge is 0.337 e. The second-order valence-corrected chi connectivity index (χ2v) is 9.32. The molecule has 0 N–H and O–H groups in total. The number of hydrogen-bond acceptors (Lipinski definition) is 3. The van der Waals surface area contributed by atoms with Crippen LogP contribution in [-0.2, 0) is 13.0 Å². The molecule has 0 saturated carbocycles. The molecule has 2 aromatic rings. The normalized spacial score (nSPS) is 17.5. The van der Waals surface area contributed by atoms with Crippen molar-refractivity contribution in [2.45, 2.75) is 36.3 Å². The van der Waals surface area contributed by atoms with E-state index in [1.54, 1.807) is 0 Å². The standard InChI is InChI=1S/C17H21ClN2S2/c18-16-5-3-15(4-6-16)13-17(21-11-2-12-22-17)7-1-9-20-10-8-19-14-20/h3-6,8,10,14H,1-2,7,9,11-13H2. The molecule has 0 bridgehead atoms. The topological polar surface area (TPSA) is 17.8 Å². The maximum absolute atomic E-state index is 6.01. The Kier molecular flexibility index (Phi) is 5.77. The van der Waals surface area contributed by atoms with Crippen LogP contribution in [0.4, 0.5) is 0 Å². The molecule has 2 heterocycles. The van der Waals surface area contributed by atoms with Gasteiger partial charge in [0.05, 0.1) is 10.4 Å². The summed E-state index contributed by atoms with van der Waals surface area (Å²) in [5.41, 5.74) is 1.40. The molecule has 0 unspecified atom stereocenters. The summed E-state index contributed by atoms with van der Waals surface area (Å²) in [6.45, 7) is 1.06. The van der Waals surface area contributed by atoms with Gasteiger partial charge in [0.2, 0.25) is 0 Å². The van der Waals surface area contributed by atoms with Gasteiger partial charge in [0.1, 0.15) is 0 Å². The zero-order valence-corrected chi connectivity index (χ0v) is 15.0. The molecule has 0 spiro atoms. The van der Waals surface area contributed by atoms with Gasteiger partial charge in [-0.2, -0.15) is 0 Å². The van der Waals surface area contributed by atoms with Crippen LogP contribution in [0.1, 0.15) is 24.8 Å². The molecule has 1 saturated heterocycles. The van der Waals surface area contributed by atoms with Crippen LogP contribution < -0.4 is 0 Å². The monoisotopic (exact) mass is 352 g/mol. The lowest BCUT2D eigenvalue weighted by molar-refractivity contribution is 0.575.